The predicted octanol–water partition coefficient (Wildman–Crippen LogP) is 4.34. The number of carboxylic acid groups (broad SMARTS) is 1. The molecular weight excluding hydrogens is 200 g/mol. The maximum Gasteiger partial charge on any atom is 0.306 e. The average Bonchev–Trinajstić information content (AvgIpc) is 2.16. The van der Waals surface area contributed by atoms with Crippen molar-refractivity contribution in [1.29, 1.82) is 0 Å². The molecule has 2 atom stereocenters. The molecule has 0 saturated heterocycles. The quantitative estimate of drug-likeness (QED) is 0.637. The number of rotatable bonds is 9. The van der Waals surface area contributed by atoms with Crippen LogP contribution in [0.15, 0.2) is 0 Å². The standard InChI is InChI=1S/C14H28O2/c1-11(2)7-5-8-12(3)9-6-10-13(4)14(15)16/h11-13H,5-10H2,1-4H3,(H,15,16)/t12-,13+/m0/s1. The van der Waals surface area contributed by atoms with Crippen LogP contribution in [-0.2, 0) is 4.79 Å². The van der Waals surface area contributed by atoms with Crippen LogP contribution in [0, 0.1) is 17.8 Å². The molecule has 0 aliphatic heterocycles. The fraction of sp³-hybridized carbons (Fsp3) is 0.929. The maximum atomic E-state index is 10.6. The van der Waals surface area contributed by atoms with Crippen molar-refractivity contribution in [3.63, 3.8) is 0 Å². The van der Waals surface area contributed by atoms with E-state index < -0.39 is 5.97 Å². The zero-order valence-corrected chi connectivity index (χ0v) is 11.3. The van der Waals surface area contributed by atoms with Crippen molar-refractivity contribution in [2.24, 2.45) is 17.8 Å². The smallest absolute Gasteiger partial charge is 0.306 e. The number of hydrogen-bond donors (Lipinski definition) is 1. The van der Waals surface area contributed by atoms with Gasteiger partial charge in [0.1, 0.15) is 0 Å². The van der Waals surface area contributed by atoms with Gasteiger partial charge >= 0.3 is 5.97 Å². The van der Waals surface area contributed by atoms with E-state index in [4.69, 9.17) is 5.11 Å². The highest BCUT2D eigenvalue weighted by atomic mass is 16.4. The number of carboxylic acids is 1. The molecule has 0 spiro atoms. The fourth-order valence-electron chi connectivity index (χ4n) is 1.91. The summed E-state index contributed by atoms with van der Waals surface area (Å²) in [4.78, 5) is 10.6. The molecule has 0 rings (SSSR count). The Balaban J connectivity index is 3.43. The monoisotopic (exact) mass is 228 g/mol. The van der Waals surface area contributed by atoms with Gasteiger partial charge in [0.15, 0.2) is 0 Å². The summed E-state index contributed by atoms with van der Waals surface area (Å²) in [6, 6.07) is 0. The van der Waals surface area contributed by atoms with Crippen LogP contribution in [0.2, 0.25) is 0 Å². The van der Waals surface area contributed by atoms with Crippen molar-refractivity contribution >= 4 is 5.97 Å². The molecule has 16 heavy (non-hydrogen) atoms. The van der Waals surface area contributed by atoms with Crippen molar-refractivity contribution in [2.75, 3.05) is 0 Å². The van der Waals surface area contributed by atoms with E-state index in [0.29, 0.717) is 0 Å². The molecule has 0 saturated carbocycles. The summed E-state index contributed by atoms with van der Waals surface area (Å²) in [5, 5.41) is 8.75. The molecule has 96 valence electrons. The normalized spacial score (nSPS) is 15.1. The Bertz CT molecular complexity index is 187. The third-order valence-electron chi connectivity index (χ3n) is 3.23. The number of carbonyl (C=O) groups is 1. The molecule has 0 aromatic carbocycles. The highest BCUT2D eigenvalue weighted by Crippen LogP contribution is 2.19. The molecule has 0 aliphatic carbocycles. The lowest BCUT2D eigenvalue weighted by Crippen LogP contribution is -2.09. The van der Waals surface area contributed by atoms with Crippen LogP contribution >= 0.6 is 0 Å². The summed E-state index contributed by atoms with van der Waals surface area (Å²) in [6.45, 7) is 8.61. The molecule has 2 nitrogen and oxygen atoms in total. The van der Waals surface area contributed by atoms with Crippen LogP contribution in [0.3, 0.4) is 0 Å². The number of aliphatic carboxylic acids is 1. The lowest BCUT2D eigenvalue weighted by Gasteiger charge is -2.13. The molecule has 0 bridgehead atoms. The van der Waals surface area contributed by atoms with Gasteiger partial charge in [-0.1, -0.05) is 59.8 Å². The van der Waals surface area contributed by atoms with Crippen molar-refractivity contribution in [2.45, 2.75) is 66.2 Å². The van der Waals surface area contributed by atoms with Crippen LogP contribution in [0.1, 0.15) is 66.2 Å². The predicted molar refractivity (Wildman–Crippen MR) is 68.5 cm³/mol. The Morgan fingerprint density at radius 1 is 0.938 bits per heavy atom. The third-order valence-corrected chi connectivity index (χ3v) is 3.23. The highest BCUT2D eigenvalue weighted by molar-refractivity contribution is 5.69. The largest absolute Gasteiger partial charge is 0.481 e. The van der Waals surface area contributed by atoms with Crippen LogP contribution in [0.5, 0.6) is 0 Å². The second kappa shape index (κ2) is 8.60. The van der Waals surface area contributed by atoms with Gasteiger partial charge < -0.3 is 5.11 Å². The molecule has 0 unspecified atom stereocenters. The second-order valence-corrected chi connectivity index (χ2v) is 5.60. The Labute approximate surface area is 100 Å². The second-order valence-electron chi connectivity index (χ2n) is 5.60. The van der Waals surface area contributed by atoms with Gasteiger partial charge in [-0.2, -0.15) is 0 Å². The first-order chi connectivity index (χ1) is 7.43. The first-order valence-electron chi connectivity index (χ1n) is 6.66. The van der Waals surface area contributed by atoms with Gasteiger partial charge in [-0.3, -0.25) is 4.79 Å². The van der Waals surface area contributed by atoms with Gasteiger partial charge in [-0.15, -0.1) is 0 Å². The SMILES string of the molecule is CC(C)CCC[C@H](C)CCC[C@@H](C)C(=O)O. The first-order valence-corrected chi connectivity index (χ1v) is 6.66. The summed E-state index contributed by atoms with van der Waals surface area (Å²) < 4.78 is 0. The van der Waals surface area contributed by atoms with E-state index in [2.05, 4.69) is 20.8 Å². The molecular formula is C14H28O2. The minimum absolute atomic E-state index is 0.178. The van der Waals surface area contributed by atoms with E-state index >= 15 is 0 Å². The summed E-state index contributed by atoms with van der Waals surface area (Å²) in [5.74, 6) is 0.717. The van der Waals surface area contributed by atoms with E-state index in [9.17, 15) is 4.79 Å². The molecule has 1 N–H and O–H groups in total. The lowest BCUT2D eigenvalue weighted by atomic mass is 9.93. The van der Waals surface area contributed by atoms with E-state index in [1.54, 1.807) is 6.92 Å². The zero-order chi connectivity index (χ0) is 12.6. The van der Waals surface area contributed by atoms with Gasteiger partial charge in [0, 0.05) is 0 Å². The van der Waals surface area contributed by atoms with Crippen LogP contribution in [0.25, 0.3) is 0 Å². The zero-order valence-electron chi connectivity index (χ0n) is 11.3. The van der Waals surface area contributed by atoms with Crippen molar-refractivity contribution in [3.8, 4) is 0 Å². The molecule has 2 heteroatoms. The van der Waals surface area contributed by atoms with Gasteiger partial charge in [-0.25, -0.2) is 0 Å². The molecule has 0 fully saturated rings. The Morgan fingerprint density at radius 3 is 1.88 bits per heavy atom. The van der Waals surface area contributed by atoms with E-state index in [1.807, 2.05) is 0 Å². The fourth-order valence-corrected chi connectivity index (χ4v) is 1.91. The summed E-state index contributed by atoms with van der Waals surface area (Å²) in [5.41, 5.74) is 0. The molecule has 0 aromatic heterocycles. The van der Waals surface area contributed by atoms with E-state index in [1.165, 1.54) is 25.7 Å². The van der Waals surface area contributed by atoms with Crippen LogP contribution in [0.4, 0.5) is 0 Å². The molecule has 0 radical (unpaired) electrons. The van der Waals surface area contributed by atoms with Gasteiger partial charge in [0.2, 0.25) is 0 Å². The van der Waals surface area contributed by atoms with E-state index in [-0.39, 0.29) is 5.92 Å². The Kier molecular flexibility index (Phi) is 8.32. The van der Waals surface area contributed by atoms with Crippen LogP contribution in [-0.4, -0.2) is 11.1 Å². The molecule has 0 aromatic rings. The summed E-state index contributed by atoms with van der Waals surface area (Å²) in [6.07, 6.45) is 6.97. The Morgan fingerprint density at radius 2 is 1.44 bits per heavy atom. The minimum Gasteiger partial charge on any atom is -0.481 e. The average molecular weight is 228 g/mol. The maximum absolute atomic E-state index is 10.6. The number of hydrogen-bond acceptors (Lipinski definition) is 1. The Hall–Kier alpha value is -0.530. The highest BCUT2D eigenvalue weighted by Gasteiger charge is 2.11. The van der Waals surface area contributed by atoms with Gasteiger partial charge in [-0.05, 0) is 18.3 Å². The van der Waals surface area contributed by atoms with Crippen molar-refractivity contribution in [1.82, 2.24) is 0 Å². The van der Waals surface area contributed by atoms with Crippen molar-refractivity contribution < 1.29 is 9.90 Å². The summed E-state index contributed by atoms with van der Waals surface area (Å²) in [7, 11) is 0. The van der Waals surface area contributed by atoms with Gasteiger partial charge in [0.05, 0.1) is 5.92 Å². The summed E-state index contributed by atoms with van der Waals surface area (Å²) >= 11 is 0. The first kappa shape index (κ1) is 15.5. The van der Waals surface area contributed by atoms with E-state index in [0.717, 1.165) is 24.7 Å². The molecule has 0 amide bonds. The molecule has 0 heterocycles. The van der Waals surface area contributed by atoms with Crippen LogP contribution < -0.4 is 0 Å². The lowest BCUT2D eigenvalue weighted by molar-refractivity contribution is -0.141. The molecule has 0 aliphatic rings. The third kappa shape index (κ3) is 8.75. The topological polar surface area (TPSA) is 37.3 Å². The van der Waals surface area contributed by atoms with Gasteiger partial charge in [0.25, 0.3) is 0 Å². The minimum atomic E-state index is -0.660. The van der Waals surface area contributed by atoms with Crippen molar-refractivity contribution in [3.05, 3.63) is 0 Å².